The third-order valence-electron chi connectivity index (χ3n) is 3.71. The first kappa shape index (κ1) is 18.2. The van der Waals surface area contributed by atoms with Crippen molar-refractivity contribution in [1.82, 2.24) is 10.2 Å². The first-order valence-electron chi connectivity index (χ1n) is 8.17. The van der Waals surface area contributed by atoms with E-state index in [4.69, 9.17) is 9.47 Å². The van der Waals surface area contributed by atoms with Crippen LogP contribution in [0.3, 0.4) is 0 Å². The van der Waals surface area contributed by atoms with Gasteiger partial charge in [0.15, 0.2) is 0 Å². The predicted molar refractivity (Wildman–Crippen MR) is 91.2 cm³/mol. The van der Waals surface area contributed by atoms with Gasteiger partial charge in [0.1, 0.15) is 0 Å². The van der Waals surface area contributed by atoms with Crippen LogP contribution in [0.4, 0.5) is 5.69 Å². The van der Waals surface area contributed by atoms with Crippen LogP contribution in [0.15, 0.2) is 24.3 Å². The molecule has 0 spiro atoms. The molecule has 1 fully saturated rings. The van der Waals surface area contributed by atoms with E-state index in [0.717, 1.165) is 12.1 Å². The number of carbonyl (C=O) groups excluding carboxylic acids is 2. The molecule has 2 rings (SSSR count). The fourth-order valence-corrected chi connectivity index (χ4v) is 2.40. The Balaban J connectivity index is 1.81. The number of nitrogens with zero attached hydrogens (tertiary/aromatic N) is 1. The summed E-state index contributed by atoms with van der Waals surface area (Å²) in [5.74, 6) is -0.0954. The van der Waals surface area contributed by atoms with Gasteiger partial charge in [-0.1, -0.05) is 6.07 Å². The maximum Gasteiger partial charge on any atom is 0.254 e. The molecule has 24 heavy (non-hydrogen) atoms. The molecule has 0 saturated carbocycles. The van der Waals surface area contributed by atoms with E-state index >= 15 is 0 Å². The van der Waals surface area contributed by atoms with Crippen molar-refractivity contribution in [3.8, 4) is 0 Å². The molecule has 0 aromatic heterocycles. The summed E-state index contributed by atoms with van der Waals surface area (Å²) in [6.45, 7) is 3.76. The van der Waals surface area contributed by atoms with Crippen LogP contribution in [-0.2, 0) is 14.3 Å². The van der Waals surface area contributed by atoms with Gasteiger partial charge in [0.25, 0.3) is 5.91 Å². The molecule has 132 valence electrons. The zero-order valence-corrected chi connectivity index (χ0v) is 14.0. The van der Waals surface area contributed by atoms with Crippen LogP contribution in [-0.4, -0.2) is 69.8 Å². The van der Waals surface area contributed by atoms with Crippen molar-refractivity contribution in [2.75, 3.05) is 58.4 Å². The van der Waals surface area contributed by atoms with Crippen LogP contribution >= 0.6 is 0 Å². The molecule has 7 heteroatoms. The molecule has 0 atom stereocenters. The van der Waals surface area contributed by atoms with E-state index in [1.165, 1.54) is 0 Å². The van der Waals surface area contributed by atoms with Crippen molar-refractivity contribution < 1.29 is 19.1 Å². The third kappa shape index (κ3) is 5.82. The number of anilines is 1. The minimum Gasteiger partial charge on any atom is -0.385 e. The summed E-state index contributed by atoms with van der Waals surface area (Å²) >= 11 is 0. The number of carbonyl (C=O) groups is 2. The lowest BCUT2D eigenvalue weighted by Gasteiger charge is -2.27. The third-order valence-corrected chi connectivity index (χ3v) is 3.71. The zero-order chi connectivity index (χ0) is 17.2. The Kier molecular flexibility index (Phi) is 7.51. The Morgan fingerprint density at radius 1 is 1.29 bits per heavy atom. The average molecular weight is 335 g/mol. The molecule has 7 nitrogen and oxygen atoms in total. The van der Waals surface area contributed by atoms with Gasteiger partial charge in [-0.15, -0.1) is 0 Å². The monoisotopic (exact) mass is 335 g/mol. The lowest BCUT2D eigenvalue weighted by Crippen LogP contribution is -2.40. The summed E-state index contributed by atoms with van der Waals surface area (Å²) in [7, 11) is 1.63. The second kappa shape index (κ2) is 9.89. The van der Waals surface area contributed by atoms with Crippen LogP contribution in [0.2, 0.25) is 0 Å². The number of morpholine rings is 1. The fraction of sp³-hybridized carbons (Fsp3) is 0.529. The fourth-order valence-electron chi connectivity index (χ4n) is 2.40. The predicted octanol–water partition coefficient (Wildman–Crippen LogP) is 0.724. The van der Waals surface area contributed by atoms with E-state index in [9.17, 15) is 9.59 Å². The molecular weight excluding hydrogens is 310 g/mol. The highest BCUT2D eigenvalue weighted by Gasteiger charge is 2.18. The van der Waals surface area contributed by atoms with Gasteiger partial charge in [-0.3, -0.25) is 9.59 Å². The SMILES string of the molecule is COCCCNC(=O)CNc1cccc(C(=O)N2CCOCC2)c1. The highest BCUT2D eigenvalue weighted by Crippen LogP contribution is 2.13. The summed E-state index contributed by atoms with van der Waals surface area (Å²) in [5, 5.41) is 5.85. The van der Waals surface area contributed by atoms with Crippen molar-refractivity contribution in [1.29, 1.82) is 0 Å². The molecule has 1 aliphatic heterocycles. The molecule has 2 N–H and O–H groups in total. The number of amides is 2. The number of hydrogen-bond donors (Lipinski definition) is 2. The second-order valence-corrected chi connectivity index (χ2v) is 5.54. The van der Waals surface area contributed by atoms with Crippen LogP contribution in [0.1, 0.15) is 16.8 Å². The Morgan fingerprint density at radius 3 is 2.83 bits per heavy atom. The van der Waals surface area contributed by atoms with E-state index in [2.05, 4.69) is 10.6 Å². The molecule has 1 aliphatic rings. The van der Waals surface area contributed by atoms with Crippen molar-refractivity contribution in [2.45, 2.75) is 6.42 Å². The van der Waals surface area contributed by atoms with Gasteiger partial charge in [0, 0.05) is 44.6 Å². The van der Waals surface area contributed by atoms with Crippen LogP contribution in [0, 0.1) is 0 Å². The Hall–Kier alpha value is -2.12. The van der Waals surface area contributed by atoms with Crippen molar-refractivity contribution in [2.24, 2.45) is 0 Å². The molecule has 0 bridgehead atoms. The van der Waals surface area contributed by atoms with E-state index in [0.29, 0.717) is 45.0 Å². The lowest BCUT2D eigenvalue weighted by molar-refractivity contribution is -0.119. The summed E-state index contributed by atoms with van der Waals surface area (Å²) < 4.78 is 10.2. The number of hydrogen-bond acceptors (Lipinski definition) is 5. The number of rotatable bonds is 8. The highest BCUT2D eigenvalue weighted by atomic mass is 16.5. The van der Waals surface area contributed by atoms with E-state index in [1.54, 1.807) is 24.1 Å². The van der Waals surface area contributed by atoms with Gasteiger partial charge in [0.05, 0.1) is 19.8 Å². The maximum atomic E-state index is 12.4. The van der Waals surface area contributed by atoms with Gasteiger partial charge >= 0.3 is 0 Å². The Bertz CT molecular complexity index is 544. The average Bonchev–Trinajstić information content (AvgIpc) is 2.64. The van der Waals surface area contributed by atoms with Crippen molar-refractivity contribution in [3.05, 3.63) is 29.8 Å². The first-order valence-corrected chi connectivity index (χ1v) is 8.17. The second-order valence-electron chi connectivity index (χ2n) is 5.54. The summed E-state index contributed by atoms with van der Waals surface area (Å²) in [6.07, 6.45) is 0.784. The standard InChI is InChI=1S/C17H25N3O4/c1-23-9-3-6-18-16(21)13-19-15-5-2-4-14(12-15)17(22)20-7-10-24-11-8-20/h2,4-5,12,19H,3,6-11,13H2,1H3,(H,18,21). The number of nitrogens with one attached hydrogen (secondary N) is 2. The molecule has 1 aromatic rings. The molecule has 1 heterocycles. The number of ether oxygens (including phenoxy) is 2. The van der Waals surface area contributed by atoms with E-state index in [-0.39, 0.29) is 18.4 Å². The van der Waals surface area contributed by atoms with Gasteiger partial charge in [-0.25, -0.2) is 0 Å². The normalized spacial score (nSPS) is 14.3. The molecule has 0 aliphatic carbocycles. The van der Waals surface area contributed by atoms with Gasteiger partial charge < -0.3 is 25.0 Å². The maximum absolute atomic E-state index is 12.4. The molecule has 1 saturated heterocycles. The quantitative estimate of drug-likeness (QED) is 0.685. The summed E-state index contributed by atoms with van der Waals surface area (Å²) in [5.41, 5.74) is 1.36. The largest absolute Gasteiger partial charge is 0.385 e. The van der Waals surface area contributed by atoms with E-state index < -0.39 is 0 Å². The Morgan fingerprint density at radius 2 is 2.08 bits per heavy atom. The minimum atomic E-state index is -0.0870. The molecular formula is C17H25N3O4. The number of methoxy groups -OCH3 is 1. The van der Waals surface area contributed by atoms with Crippen LogP contribution in [0.5, 0.6) is 0 Å². The molecule has 1 aromatic carbocycles. The molecule has 0 radical (unpaired) electrons. The van der Waals surface area contributed by atoms with Crippen molar-refractivity contribution >= 4 is 17.5 Å². The van der Waals surface area contributed by atoms with Crippen LogP contribution in [0.25, 0.3) is 0 Å². The zero-order valence-electron chi connectivity index (χ0n) is 14.0. The van der Waals surface area contributed by atoms with E-state index in [1.807, 2.05) is 12.1 Å². The highest BCUT2D eigenvalue weighted by molar-refractivity contribution is 5.95. The lowest BCUT2D eigenvalue weighted by atomic mass is 10.1. The van der Waals surface area contributed by atoms with Crippen LogP contribution < -0.4 is 10.6 Å². The minimum absolute atomic E-state index is 0.00836. The van der Waals surface area contributed by atoms with Crippen molar-refractivity contribution in [3.63, 3.8) is 0 Å². The van der Waals surface area contributed by atoms with Gasteiger partial charge in [-0.2, -0.15) is 0 Å². The first-order chi connectivity index (χ1) is 11.7. The Labute approximate surface area is 142 Å². The topological polar surface area (TPSA) is 79.9 Å². The van der Waals surface area contributed by atoms with Gasteiger partial charge in [-0.05, 0) is 24.6 Å². The van der Waals surface area contributed by atoms with Gasteiger partial charge in [0.2, 0.25) is 5.91 Å². The smallest absolute Gasteiger partial charge is 0.254 e. The molecule has 2 amide bonds. The summed E-state index contributed by atoms with van der Waals surface area (Å²) in [6, 6.07) is 7.21. The number of benzene rings is 1. The summed E-state index contributed by atoms with van der Waals surface area (Å²) in [4.78, 5) is 26.0. The molecule has 0 unspecified atom stereocenters.